The molecule has 1 heterocycles. The van der Waals surface area contributed by atoms with Gasteiger partial charge in [-0.3, -0.25) is 9.78 Å². The summed E-state index contributed by atoms with van der Waals surface area (Å²) in [7, 11) is 0. The van der Waals surface area contributed by atoms with Gasteiger partial charge >= 0.3 is 5.97 Å². The van der Waals surface area contributed by atoms with Crippen LogP contribution in [0.15, 0.2) is 18.5 Å². The van der Waals surface area contributed by atoms with Crippen molar-refractivity contribution in [1.29, 1.82) is 0 Å². The minimum atomic E-state index is -0.990. The number of aromatic nitrogens is 1. The zero-order valence-corrected chi connectivity index (χ0v) is 11.8. The van der Waals surface area contributed by atoms with Gasteiger partial charge in [0, 0.05) is 12.4 Å². The van der Waals surface area contributed by atoms with Gasteiger partial charge in [-0.25, -0.2) is 4.79 Å². The fraction of sp³-hybridized carbons (Fsp3) is 0.500. The topological polar surface area (TPSA) is 79.3 Å². The Hall–Kier alpha value is -1.62. The van der Waals surface area contributed by atoms with Gasteiger partial charge in [0.05, 0.1) is 10.6 Å². The Bertz CT molecular complexity index is 501. The number of aliphatic carboxylic acids is 1. The summed E-state index contributed by atoms with van der Waals surface area (Å²) in [6.07, 6.45) is 7.65. The Morgan fingerprint density at radius 1 is 1.35 bits per heavy atom. The SMILES string of the molecule is O=C(NC(C(=O)O)C1CCCCC1)c1ccncc1Cl. The summed E-state index contributed by atoms with van der Waals surface area (Å²) in [6.45, 7) is 0. The number of nitrogens with one attached hydrogen (secondary N) is 1. The second-order valence-corrected chi connectivity index (χ2v) is 5.45. The van der Waals surface area contributed by atoms with Gasteiger partial charge in [-0.1, -0.05) is 30.9 Å². The largest absolute Gasteiger partial charge is 0.480 e. The van der Waals surface area contributed by atoms with Crippen molar-refractivity contribution in [1.82, 2.24) is 10.3 Å². The van der Waals surface area contributed by atoms with Crippen molar-refractivity contribution in [2.75, 3.05) is 0 Å². The molecule has 5 nitrogen and oxygen atoms in total. The average molecular weight is 297 g/mol. The number of hydrogen-bond acceptors (Lipinski definition) is 3. The van der Waals surface area contributed by atoms with Crippen LogP contribution in [0.5, 0.6) is 0 Å². The predicted molar refractivity (Wildman–Crippen MR) is 74.7 cm³/mol. The van der Waals surface area contributed by atoms with Gasteiger partial charge in [-0.2, -0.15) is 0 Å². The first-order chi connectivity index (χ1) is 9.59. The van der Waals surface area contributed by atoms with Gasteiger partial charge in [0.2, 0.25) is 0 Å². The van der Waals surface area contributed by atoms with Crippen LogP contribution < -0.4 is 5.32 Å². The molecule has 1 amide bonds. The quantitative estimate of drug-likeness (QED) is 0.894. The van der Waals surface area contributed by atoms with Gasteiger partial charge in [-0.05, 0) is 24.8 Å². The number of nitrogens with zero attached hydrogens (tertiary/aromatic N) is 1. The Morgan fingerprint density at radius 2 is 2.05 bits per heavy atom. The number of carboxylic acids is 1. The van der Waals surface area contributed by atoms with E-state index in [0.29, 0.717) is 0 Å². The number of carbonyl (C=O) groups excluding carboxylic acids is 1. The van der Waals surface area contributed by atoms with Gasteiger partial charge < -0.3 is 10.4 Å². The van der Waals surface area contributed by atoms with Crippen molar-refractivity contribution in [3.63, 3.8) is 0 Å². The highest BCUT2D eigenvalue weighted by Crippen LogP contribution is 2.27. The van der Waals surface area contributed by atoms with Crippen molar-refractivity contribution < 1.29 is 14.7 Å². The van der Waals surface area contributed by atoms with Crippen LogP contribution in [0, 0.1) is 5.92 Å². The maximum Gasteiger partial charge on any atom is 0.326 e. The molecule has 0 aromatic carbocycles. The molecule has 0 bridgehead atoms. The number of carbonyl (C=O) groups is 2. The standard InChI is InChI=1S/C14H17ClN2O3/c15-11-8-16-7-6-10(11)13(18)17-12(14(19)20)9-4-2-1-3-5-9/h6-9,12H,1-5H2,(H,17,18)(H,19,20). The highest BCUT2D eigenvalue weighted by Gasteiger charge is 2.31. The molecule has 0 aliphatic heterocycles. The van der Waals surface area contributed by atoms with Gasteiger partial charge in [0.1, 0.15) is 6.04 Å². The summed E-state index contributed by atoms with van der Waals surface area (Å²) < 4.78 is 0. The number of rotatable bonds is 4. The van der Waals surface area contributed by atoms with Crippen LogP contribution in [0.3, 0.4) is 0 Å². The van der Waals surface area contributed by atoms with Crippen molar-refractivity contribution in [2.24, 2.45) is 5.92 Å². The molecular formula is C14H17ClN2O3. The normalized spacial score (nSPS) is 17.4. The fourth-order valence-electron chi connectivity index (χ4n) is 2.63. The molecule has 1 unspecified atom stereocenters. The molecule has 0 radical (unpaired) electrons. The minimum absolute atomic E-state index is 0.00851. The summed E-state index contributed by atoms with van der Waals surface area (Å²) >= 11 is 5.90. The molecule has 1 aromatic rings. The molecule has 20 heavy (non-hydrogen) atoms. The summed E-state index contributed by atoms with van der Waals surface area (Å²) in [5.41, 5.74) is 0.253. The average Bonchev–Trinajstić information content (AvgIpc) is 2.45. The Balaban J connectivity index is 2.10. The van der Waals surface area contributed by atoms with E-state index in [1.165, 1.54) is 18.5 Å². The lowest BCUT2D eigenvalue weighted by Crippen LogP contribution is -2.46. The molecule has 1 aliphatic rings. The maximum absolute atomic E-state index is 12.1. The molecule has 1 atom stereocenters. The first-order valence-corrected chi connectivity index (χ1v) is 7.10. The van der Waals surface area contributed by atoms with E-state index in [-0.39, 0.29) is 16.5 Å². The molecular weight excluding hydrogens is 280 g/mol. The summed E-state index contributed by atoms with van der Waals surface area (Å²) in [4.78, 5) is 27.3. The minimum Gasteiger partial charge on any atom is -0.480 e. The van der Waals surface area contributed by atoms with E-state index < -0.39 is 17.9 Å². The summed E-state index contributed by atoms with van der Waals surface area (Å²) in [6, 6.07) is 0.629. The number of amides is 1. The smallest absolute Gasteiger partial charge is 0.326 e. The van der Waals surface area contributed by atoms with Crippen molar-refractivity contribution in [3.8, 4) is 0 Å². The zero-order valence-electron chi connectivity index (χ0n) is 11.0. The Morgan fingerprint density at radius 3 is 2.65 bits per heavy atom. The molecule has 6 heteroatoms. The molecule has 0 saturated heterocycles. The summed E-state index contributed by atoms with van der Waals surface area (Å²) in [5, 5.41) is 12.1. The number of carboxylic acid groups (broad SMARTS) is 1. The van der Waals surface area contributed by atoms with Crippen LogP contribution in [0.1, 0.15) is 42.5 Å². The van der Waals surface area contributed by atoms with Crippen molar-refractivity contribution in [3.05, 3.63) is 29.0 Å². The van der Waals surface area contributed by atoms with Gasteiger partial charge in [0.25, 0.3) is 5.91 Å². The van der Waals surface area contributed by atoms with Crippen LogP contribution in [0.2, 0.25) is 5.02 Å². The van der Waals surface area contributed by atoms with Gasteiger partial charge in [0.15, 0.2) is 0 Å². The fourth-order valence-corrected chi connectivity index (χ4v) is 2.83. The third kappa shape index (κ3) is 3.48. The van der Waals surface area contributed by atoms with Crippen LogP contribution in [-0.2, 0) is 4.79 Å². The lowest BCUT2D eigenvalue weighted by atomic mass is 9.84. The lowest BCUT2D eigenvalue weighted by molar-refractivity contribution is -0.141. The number of pyridine rings is 1. The third-order valence-corrected chi connectivity index (χ3v) is 3.99. The van der Waals surface area contributed by atoms with E-state index in [4.69, 9.17) is 11.6 Å². The monoisotopic (exact) mass is 296 g/mol. The third-order valence-electron chi connectivity index (χ3n) is 3.69. The maximum atomic E-state index is 12.1. The van der Waals surface area contributed by atoms with Gasteiger partial charge in [-0.15, -0.1) is 0 Å². The van der Waals surface area contributed by atoms with E-state index in [1.807, 2.05) is 0 Å². The Kier molecular flexibility index (Phi) is 4.95. The molecule has 2 N–H and O–H groups in total. The van der Waals surface area contributed by atoms with E-state index in [9.17, 15) is 14.7 Å². The molecule has 108 valence electrons. The zero-order chi connectivity index (χ0) is 14.5. The molecule has 1 aliphatic carbocycles. The predicted octanol–water partition coefficient (Wildman–Crippen LogP) is 2.50. The van der Waals surface area contributed by atoms with Crippen LogP contribution >= 0.6 is 11.6 Å². The van der Waals surface area contributed by atoms with Crippen molar-refractivity contribution in [2.45, 2.75) is 38.1 Å². The van der Waals surface area contributed by atoms with E-state index in [1.54, 1.807) is 0 Å². The Labute approximate surface area is 122 Å². The van der Waals surface area contributed by atoms with Crippen molar-refractivity contribution >= 4 is 23.5 Å². The summed E-state index contributed by atoms with van der Waals surface area (Å²) in [5.74, 6) is -1.46. The van der Waals surface area contributed by atoms with E-state index in [2.05, 4.69) is 10.3 Å². The molecule has 1 saturated carbocycles. The highest BCUT2D eigenvalue weighted by atomic mass is 35.5. The molecule has 1 aromatic heterocycles. The number of halogens is 1. The molecule has 2 rings (SSSR count). The first-order valence-electron chi connectivity index (χ1n) is 6.73. The molecule has 1 fully saturated rings. The van der Waals surface area contributed by atoms with Crippen LogP contribution in [0.25, 0.3) is 0 Å². The van der Waals surface area contributed by atoms with E-state index in [0.717, 1.165) is 32.1 Å². The lowest BCUT2D eigenvalue weighted by Gasteiger charge is -2.28. The second kappa shape index (κ2) is 6.70. The van der Waals surface area contributed by atoms with Crippen LogP contribution in [0.4, 0.5) is 0 Å². The second-order valence-electron chi connectivity index (χ2n) is 5.04. The van der Waals surface area contributed by atoms with E-state index >= 15 is 0 Å². The first kappa shape index (κ1) is 14.8. The molecule has 0 spiro atoms. The number of hydrogen-bond donors (Lipinski definition) is 2. The van der Waals surface area contributed by atoms with Crippen LogP contribution in [-0.4, -0.2) is 28.0 Å². The highest BCUT2D eigenvalue weighted by molar-refractivity contribution is 6.33.